The summed E-state index contributed by atoms with van der Waals surface area (Å²) in [6, 6.07) is 10.4. The van der Waals surface area contributed by atoms with Crippen LogP contribution in [0.3, 0.4) is 0 Å². The Hall–Kier alpha value is -1.57. The van der Waals surface area contributed by atoms with Crippen molar-refractivity contribution in [1.82, 2.24) is 0 Å². The lowest BCUT2D eigenvalue weighted by Gasteiger charge is -2.34. The molecule has 0 saturated heterocycles. The van der Waals surface area contributed by atoms with Crippen molar-refractivity contribution in [1.29, 1.82) is 0 Å². The molecule has 2 fully saturated rings. The molecule has 0 amide bonds. The second-order valence-electron chi connectivity index (χ2n) is 5.50. The van der Waals surface area contributed by atoms with Crippen molar-refractivity contribution in [3.63, 3.8) is 0 Å². The third-order valence-corrected chi connectivity index (χ3v) is 4.49. The third-order valence-electron chi connectivity index (χ3n) is 4.49. The summed E-state index contributed by atoms with van der Waals surface area (Å²) in [6.07, 6.45) is 5.63. The summed E-state index contributed by atoms with van der Waals surface area (Å²) in [5, 5.41) is 0. The van der Waals surface area contributed by atoms with Crippen molar-refractivity contribution in [2.24, 2.45) is 5.92 Å². The summed E-state index contributed by atoms with van der Waals surface area (Å²) >= 11 is 0. The molecule has 2 nitrogen and oxygen atoms in total. The molecule has 0 aromatic heterocycles. The van der Waals surface area contributed by atoms with Crippen LogP contribution >= 0.6 is 0 Å². The Morgan fingerprint density at radius 3 is 2.83 bits per heavy atom. The lowest BCUT2D eigenvalue weighted by atomic mass is 9.80. The fourth-order valence-electron chi connectivity index (χ4n) is 3.74. The Morgan fingerprint density at radius 1 is 1.39 bits per heavy atom. The van der Waals surface area contributed by atoms with Crippen LogP contribution in [-0.2, 0) is 9.53 Å². The van der Waals surface area contributed by atoms with Crippen molar-refractivity contribution in [2.45, 2.75) is 37.2 Å². The maximum Gasteiger partial charge on any atom is 0.330 e. The van der Waals surface area contributed by atoms with Gasteiger partial charge < -0.3 is 4.74 Å². The topological polar surface area (TPSA) is 26.3 Å². The second-order valence-corrected chi connectivity index (χ2v) is 5.50. The first-order valence-corrected chi connectivity index (χ1v) is 6.64. The zero-order valence-electron chi connectivity index (χ0n) is 10.5. The summed E-state index contributed by atoms with van der Waals surface area (Å²) in [6.45, 7) is 3.50. The molecule has 0 heterocycles. The van der Waals surface area contributed by atoms with Gasteiger partial charge in [0.1, 0.15) is 5.60 Å². The largest absolute Gasteiger partial charge is 0.455 e. The molecular weight excluding hydrogens is 224 g/mol. The Balaban J connectivity index is 1.90. The maximum atomic E-state index is 11.6. The molecule has 1 aromatic rings. The van der Waals surface area contributed by atoms with Crippen LogP contribution in [-0.4, -0.2) is 11.6 Å². The highest BCUT2D eigenvalue weighted by Gasteiger charge is 2.55. The molecule has 2 aliphatic rings. The Morgan fingerprint density at radius 2 is 2.17 bits per heavy atom. The molecule has 1 aromatic carbocycles. The molecule has 3 atom stereocenters. The average molecular weight is 242 g/mol. The quantitative estimate of drug-likeness (QED) is 0.599. The number of fused-ring (bicyclic) bond motifs is 2. The minimum Gasteiger partial charge on any atom is -0.455 e. The van der Waals surface area contributed by atoms with Crippen LogP contribution in [0.4, 0.5) is 0 Å². The third kappa shape index (κ3) is 1.76. The van der Waals surface area contributed by atoms with E-state index in [-0.39, 0.29) is 11.6 Å². The van der Waals surface area contributed by atoms with Gasteiger partial charge in [0.25, 0.3) is 0 Å². The Bertz CT molecular complexity index is 465. The smallest absolute Gasteiger partial charge is 0.330 e. The number of benzene rings is 1. The van der Waals surface area contributed by atoms with Crippen molar-refractivity contribution in [3.8, 4) is 0 Å². The molecule has 2 bridgehead atoms. The first-order valence-electron chi connectivity index (χ1n) is 6.64. The van der Waals surface area contributed by atoms with Gasteiger partial charge >= 0.3 is 5.97 Å². The monoisotopic (exact) mass is 242 g/mol. The summed E-state index contributed by atoms with van der Waals surface area (Å²) in [5.74, 6) is 0.799. The number of hydrogen-bond donors (Lipinski definition) is 0. The van der Waals surface area contributed by atoms with Crippen LogP contribution in [0.25, 0.3) is 0 Å². The van der Waals surface area contributed by atoms with E-state index < -0.39 is 0 Å². The van der Waals surface area contributed by atoms with Gasteiger partial charge in [-0.3, -0.25) is 0 Å². The SMILES string of the molecule is C=CC(=O)OC12CCC(CC1c1ccccc1)C2. The Labute approximate surface area is 108 Å². The van der Waals surface area contributed by atoms with Gasteiger partial charge in [0.15, 0.2) is 0 Å². The van der Waals surface area contributed by atoms with Gasteiger partial charge in [0.05, 0.1) is 0 Å². The van der Waals surface area contributed by atoms with E-state index in [1.54, 1.807) is 0 Å². The zero-order valence-corrected chi connectivity index (χ0v) is 10.5. The van der Waals surface area contributed by atoms with Gasteiger partial charge in [-0.05, 0) is 37.2 Å². The van der Waals surface area contributed by atoms with Gasteiger partial charge in [-0.2, -0.15) is 0 Å². The molecule has 0 aliphatic heterocycles. The van der Waals surface area contributed by atoms with E-state index in [4.69, 9.17) is 4.74 Å². The molecule has 3 unspecified atom stereocenters. The molecule has 2 aliphatic carbocycles. The molecule has 3 rings (SSSR count). The molecule has 0 N–H and O–H groups in total. The van der Waals surface area contributed by atoms with E-state index >= 15 is 0 Å². The van der Waals surface area contributed by atoms with Gasteiger partial charge in [-0.15, -0.1) is 0 Å². The predicted octanol–water partition coefficient (Wildman–Crippen LogP) is 3.44. The normalized spacial score (nSPS) is 33.3. The number of carbonyl (C=O) groups excluding carboxylic acids is 1. The molecule has 2 heteroatoms. The van der Waals surface area contributed by atoms with Gasteiger partial charge in [-0.25, -0.2) is 4.79 Å². The second kappa shape index (κ2) is 4.27. The number of esters is 1. The van der Waals surface area contributed by atoms with Crippen molar-refractivity contribution < 1.29 is 9.53 Å². The number of ether oxygens (including phenoxy) is 1. The van der Waals surface area contributed by atoms with E-state index in [0.29, 0.717) is 11.8 Å². The van der Waals surface area contributed by atoms with Crippen LogP contribution in [0.2, 0.25) is 0 Å². The summed E-state index contributed by atoms with van der Waals surface area (Å²) in [5.41, 5.74) is 1.04. The van der Waals surface area contributed by atoms with E-state index in [2.05, 4.69) is 30.8 Å². The standard InChI is InChI=1S/C16H18O2/c1-2-15(17)18-16-9-8-12(11-16)10-14(16)13-6-4-3-5-7-13/h2-7,12,14H,1,8-11H2. The van der Waals surface area contributed by atoms with Crippen LogP contribution in [0.15, 0.2) is 43.0 Å². The van der Waals surface area contributed by atoms with Crippen LogP contribution in [0.1, 0.15) is 37.2 Å². The van der Waals surface area contributed by atoms with E-state index in [1.165, 1.54) is 18.1 Å². The molecular formula is C16H18O2. The minimum absolute atomic E-state index is 0.267. The van der Waals surface area contributed by atoms with Crippen molar-refractivity contribution >= 4 is 5.97 Å². The van der Waals surface area contributed by atoms with Crippen LogP contribution < -0.4 is 0 Å². The minimum atomic E-state index is -0.279. The number of rotatable bonds is 3. The van der Waals surface area contributed by atoms with Crippen molar-refractivity contribution in [2.75, 3.05) is 0 Å². The van der Waals surface area contributed by atoms with Gasteiger partial charge in [-0.1, -0.05) is 36.9 Å². The fraction of sp³-hybridized carbons (Fsp3) is 0.438. The molecule has 18 heavy (non-hydrogen) atoms. The average Bonchev–Trinajstić information content (AvgIpc) is 2.96. The Kier molecular flexibility index (Phi) is 2.73. The molecule has 94 valence electrons. The lowest BCUT2D eigenvalue weighted by molar-refractivity contribution is -0.154. The highest BCUT2D eigenvalue weighted by molar-refractivity contribution is 5.81. The first kappa shape index (κ1) is 11.5. The fourth-order valence-corrected chi connectivity index (χ4v) is 3.74. The predicted molar refractivity (Wildman–Crippen MR) is 70.2 cm³/mol. The summed E-state index contributed by atoms with van der Waals surface area (Å²) < 4.78 is 5.75. The molecule has 2 saturated carbocycles. The van der Waals surface area contributed by atoms with Crippen LogP contribution in [0, 0.1) is 5.92 Å². The number of carbonyl (C=O) groups is 1. The highest BCUT2D eigenvalue weighted by Crippen LogP contribution is 2.57. The summed E-state index contributed by atoms with van der Waals surface area (Å²) in [7, 11) is 0. The van der Waals surface area contributed by atoms with Crippen LogP contribution in [0.5, 0.6) is 0 Å². The van der Waals surface area contributed by atoms with Gasteiger partial charge in [0.2, 0.25) is 0 Å². The van der Waals surface area contributed by atoms with E-state index in [1.807, 2.05) is 6.07 Å². The highest BCUT2D eigenvalue weighted by atomic mass is 16.6. The number of hydrogen-bond acceptors (Lipinski definition) is 2. The zero-order chi connectivity index (χ0) is 12.6. The summed E-state index contributed by atoms with van der Waals surface area (Å²) in [4.78, 5) is 11.6. The van der Waals surface area contributed by atoms with Crippen molar-refractivity contribution in [3.05, 3.63) is 48.6 Å². The molecule has 0 radical (unpaired) electrons. The first-order chi connectivity index (χ1) is 8.73. The van der Waals surface area contributed by atoms with E-state index in [0.717, 1.165) is 19.3 Å². The molecule has 0 spiro atoms. The lowest BCUT2D eigenvalue weighted by Crippen LogP contribution is -2.36. The maximum absolute atomic E-state index is 11.6. The van der Waals surface area contributed by atoms with E-state index in [9.17, 15) is 4.79 Å². The van der Waals surface area contributed by atoms with Gasteiger partial charge in [0, 0.05) is 12.0 Å².